The summed E-state index contributed by atoms with van der Waals surface area (Å²) >= 11 is 0. The van der Waals surface area contributed by atoms with Crippen LogP contribution in [0.2, 0.25) is 0 Å². The number of hydrogen-bond acceptors (Lipinski definition) is 4. The van der Waals surface area contributed by atoms with Gasteiger partial charge >= 0.3 is 0 Å². The van der Waals surface area contributed by atoms with Crippen molar-refractivity contribution >= 4 is 23.4 Å². The van der Waals surface area contributed by atoms with Gasteiger partial charge in [0, 0.05) is 25.0 Å². The normalized spacial score (nSPS) is 19.5. The van der Waals surface area contributed by atoms with Crippen LogP contribution < -0.4 is 10.6 Å². The maximum Gasteiger partial charge on any atom is 0.256 e. The third-order valence-corrected chi connectivity index (χ3v) is 6.85. The van der Waals surface area contributed by atoms with Crippen LogP contribution in [-0.2, 0) is 4.79 Å². The standard InChI is InChI=1S/C27H26N4O3/c1-16-5-3-7-21(17(16)2)18-8-9-23-22(13-18)27(34)31-12-10-20(14-24(31)26(33)30-23)29-25(32)19-6-4-11-28-15-19/h3-9,11,13,15,20,24H,10,12,14H2,1-2H3,(H,29,32)(H,30,33)/t20-,24-/m0/s1. The van der Waals surface area contributed by atoms with Crippen molar-refractivity contribution in [1.29, 1.82) is 0 Å². The van der Waals surface area contributed by atoms with Crippen LogP contribution in [0.3, 0.4) is 0 Å². The molecule has 0 bridgehead atoms. The third-order valence-electron chi connectivity index (χ3n) is 6.85. The van der Waals surface area contributed by atoms with Crippen molar-refractivity contribution in [2.45, 2.75) is 38.8 Å². The molecule has 5 rings (SSSR count). The average Bonchev–Trinajstić information content (AvgIpc) is 2.95. The SMILES string of the molecule is Cc1cccc(-c2ccc3c(c2)C(=O)N2CC[C@H](NC(=O)c4cccnc4)C[C@H]2C(=O)N3)c1C. The van der Waals surface area contributed by atoms with E-state index in [4.69, 9.17) is 0 Å². The van der Waals surface area contributed by atoms with Crippen molar-refractivity contribution in [3.8, 4) is 11.1 Å². The Balaban J connectivity index is 1.39. The van der Waals surface area contributed by atoms with Crippen LogP contribution in [0.4, 0.5) is 5.69 Å². The lowest BCUT2D eigenvalue weighted by Gasteiger charge is -2.37. The number of carbonyl (C=O) groups excluding carboxylic acids is 3. The molecule has 1 saturated heterocycles. The second-order valence-corrected chi connectivity index (χ2v) is 8.95. The van der Waals surface area contributed by atoms with Gasteiger partial charge in [0.25, 0.3) is 11.8 Å². The maximum atomic E-state index is 13.5. The predicted molar refractivity (Wildman–Crippen MR) is 130 cm³/mol. The first-order chi connectivity index (χ1) is 16.4. The van der Waals surface area contributed by atoms with E-state index in [1.165, 1.54) is 11.8 Å². The number of piperidine rings is 1. The lowest BCUT2D eigenvalue weighted by molar-refractivity contribution is -0.121. The summed E-state index contributed by atoms with van der Waals surface area (Å²) in [6.45, 7) is 4.53. The summed E-state index contributed by atoms with van der Waals surface area (Å²) in [4.78, 5) is 44.8. The van der Waals surface area contributed by atoms with Gasteiger partial charge in [-0.15, -0.1) is 0 Å². The molecule has 2 atom stereocenters. The number of rotatable bonds is 3. The first-order valence-electron chi connectivity index (χ1n) is 11.5. The highest BCUT2D eigenvalue weighted by Gasteiger charge is 2.40. The van der Waals surface area contributed by atoms with Crippen LogP contribution in [0.15, 0.2) is 60.9 Å². The van der Waals surface area contributed by atoms with E-state index in [0.29, 0.717) is 36.2 Å². The van der Waals surface area contributed by atoms with Crippen LogP contribution in [0.1, 0.15) is 44.7 Å². The van der Waals surface area contributed by atoms with Gasteiger partial charge in [-0.05, 0) is 73.2 Å². The molecule has 1 aromatic heterocycles. The van der Waals surface area contributed by atoms with E-state index >= 15 is 0 Å². The highest BCUT2D eigenvalue weighted by molar-refractivity contribution is 6.10. The summed E-state index contributed by atoms with van der Waals surface area (Å²) in [5.74, 6) is -0.622. The largest absolute Gasteiger partial charge is 0.349 e. The topological polar surface area (TPSA) is 91.4 Å². The second kappa shape index (κ2) is 8.74. The number of anilines is 1. The van der Waals surface area contributed by atoms with Crippen molar-refractivity contribution in [2.24, 2.45) is 0 Å². The van der Waals surface area contributed by atoms with Gasteiger partial charge in [0.05, 0.1) is 16.8 Å². The number of nitrogens with one attached hydrogen (secondary N) is 2. The minimum absolute atomic E-state index is 0.164. The van der Waals surface area contributed by atoms with Gasteiger partial charge in [0.15, 0.2) is 0 Å². The molecule has 0 aliphatic carbocycles. The zero-order chi connectivity index (χ0) is 23.8. The molecule has 0 spiro atoms. The molecule has 3 heterocycles. The first kappa shape index (κ1) is 21.8. The summed E-state index contributed by atoms with van der Waals surface area (Å²) in [5.41, 5.74) is 5.84. The van der Waals surface area contributed by atoms with Gasteiger partial charge < -0.3 is 15.5 Å². The van der Waals surface area contributed by atoms with Crippen molar-refractivity contribution < 1.29 is 14.4 Å². The number of pyridine rings is 1. The van der Waals surface area contributed by atoms with E-state index in [0.717, 1.165) is 16.7 Å². The van der Waals surface area contributed by atoms with Crippen molar-refractivity contribution in [3.05, 3.63) is 83.2 Å². The molecule has 7 heteroatoms. The third kappa shape index (κ3) is 3.94. The number of amides is 3. The first-order valence-corrected chi connectivity index (χ1v) is 11.5. The predicted octanol–water partition coefficient (Wildman–Crippen LogP) is 3.72. The van der Waals surface area contributed by atoms with Crippen LogP contribution >= 0.6 is 0 Å². The Labute approximate surface area is 198 Å². The number of aryl methyl sites for hydroxylation is 1. The lowest BCUT2D eigenvalue weighted by atomic mass is 9.94. The van der Waals surface area contributed by atoms with Gasteiger partial charge in [-0.2, -0.15) is 0 Å². The quantitative estimate of drug-likeness (QED) is 0.631. The van der Waals surface area contributed by atoms with Gasteiger partial charge in [0.2, 0.25) is 5.91 Å². The summed E-state index contributed by atoms with van der Waals surface area (Å²) in [6.07, 6.45) is 4.06. The maximum absolute atomic E-state index is 13.5. The molecule has 2 N–H and O–H groups in total. The lowest BCUT2D eigenvalue weighted by Crippen LogP contribution is -2.55. The Morgan fingerprint density at radius 3 is 2.74 bits per heavy atom. The van der Waals surface area contributed by atoms with Gasteiger partial charge in [-0.3, -0.25) is 19.4 Å². The van der Waals surface area contributed by atoms with Gasteiger partial charge in [-0.1, -0.05) is 24.3 Å². The van der Waals surface area contributed by atoms with Crippen molar-refractivity contribution in [2.75, 3.05) is 11.9 Å². The molecule has 1 fully saturated rings. The summed E-state index contributed by atoms with van der Waals surface area (Å²) < 4.78 is 0. The fourth-order valence-electron chi connectivity index (χ4n) is 4.79. The molecular formula is C27H26N4O3. The zero-order valence-corrected chi connectivity index (χ0v) is 19.2. The highest BCUT2D eigenvalue weighted by atomic mass is 16.2. The van der Waals surface area contributed by atoms with E-state index in [-0.39, 0.29) is 23.8 Å². The van der Waals surface area contributed by atoms with Crippen LogP contribution in [-0.4, -0.2) is 46.2 Å². The fraction of sp³-hybridized carbons (Fsp3) is 0.259. The van der Waals surface area contributed by atoms with E-state index in [2.05, 4.69) is 35.5 Å². The Morgan fingerprint density at radius 2 is 1.94 bits per heavy atom. The smallest absolute Gasteiger partial charge is 0.256 e. The molecule has 3 amide bonds. The molecule has 2 aliphatic rings. The minimum Gasteiger partial charge on any atom is -0.349 e. The fourth-order valence-corrected chi connectivity index (χ4v) is 4.79. The molecule has 7 nitrogen and oxygen atoms in total. The molecule has 0 saturated carbocycles. The molecule has 34 heavy (non-hydrogen) atoms. The van der Waals surface area contributed by atoms with E-state index < -0.39 is 6.04 Å². The summed E-state index contributed by atoms with van der Waals surface area (Å²) in [5, 5.41) is 5.93. The number of fused-ring (bicyclic) bond motifs is 2. The van der Waals surface area contributed by atoms with Crippen LogP contribution in [0.25, 0.3) is 11.1 Å². The van der Waals surface area contributed by atoms with E-state index in [9.17, 15) is 14.4 Å². The summed E-state index contributed by atoms with van der Waals surface area (Å²) in [7, 11) is 0. The Bertz CT molecular complexity index is 1290. The zero-order valence-electron chi connectivity index (χ0n) is 19.2. The number of carbonyl (C=O) groups is 3. The van der Waals surface area contributed by atoms with E-state index in [1.807, 2.05) is 30.3 Å². The average molecular weight is 455 g/mol. The van der Waals surface area contributed by atoms with Crippen molar-refractivity contribution in [1.82, 2.24) is 15.2 Å². The molecular weight excluding hydrogens is 428 g/mol. The highest BCUT2D eigenvalue weighted by Crippen LogP contribution is 2.33. The number of hydrogen-bond donors (Lipinski definition) is 2. The van der Waals surface area contributed by atoms with Crippen molar-refractivity contribution in [3.63, 3.8) is 0 Å². The minimum atomic E-state index is -0.642. The van der Waals surface area contributed by atoms with Crippen LogP contribution in [0, 0.1) is 13.8 Å². The molecule has 0 unspecified atom stereocenters. The molecule has 3 aromatic rings. The van der Waals surface area contributed by atoms with Crippen LogP contribution in [0.5, 0.6) is 0 Å². The van der Waals surface area contributed by atoms with Gasteiger partial charge in [0.1, 0.15) is 6.04 Å². The molecule has 0 radical (unpaired) electrons. The summed E-state index contributed by atoms with van der Waals surface area (Å²) in [6, 6.07) is 14.3. The monoisotopic (exact) mass is 454 g/mol. The Kier molecular flexibility index (Phi) is 5.61. The molecule has 172 valence electrons. The number of aromatic nitrogens is 1. The number of nitrogens with zero attached hydrogens (tertiary/aromatic N) is 2. The Morgan fingerprint density at radius 1 is 1.09 bits per heavy atom. The van der Waals surface area contributed by atoms with E-state index in [1.54, 1.807) is 23.2 Å². The Hall–Kier alpha value is -4.00. The molecule has 2 aliphatic heterocycles. The van der Waals surface area contributed by atoms with Gasteiger partial charge in [-0.25, -0.2) is 0 Å². The number of benzene rings is 2. The molecule has 2 aromatic carbocycles. The second-order valence-electron chi connectivity index (χ2n) is 8.95.